The molecular weight excluding hydrogens is 239 g/mol. The van der Waals surface area contributed by atoms with Gasteiger partial charge in [-0.2, -0.15) is 0 Å². The number of fused-ring (bicyclic) bond motifs is 5. The quantitative estimate of drug-likeness (QED) is 0.457. The molecule has 1 aromatic carbocycles. The van der Waals surface area contributed by atoms with Gasteiger partial charge in [-0.15, -0.1) is 0 Å². The second-order valence-electron chi connectivity index (χ2n) is 4.70. The maximum atomic E-state index is 14.0. The fraction of sp³-hybridized carbons (Fsp3) is 0. The molecule has 0 amide bonds. The lowest BCUT2D eigenvalue weighted by Gasteiger charge is -2.00. The van der Waals surface area contributed by atoms with E-state index in [2.05, 4.69) is 0 Å². The van der Waals surface area contributed by atoms with E-state index >= 15 is 0 Å². The lowest BCUT2D eigenvalue weighted by molar-refractivity contribution is 0.104. The summed E-state index contributed by atoms with van der Waals surface area (Å²) in [5.41, 5.74) is 4.13. The predicted octanol–water partition coefficient (Wildman–Crippen LogP) is 4.14. The highest BCUT2D eigenvalue weighted by Gasteiger charge is 2.33. The molecule has 0 N–H and O–H groups in total. The topological polar surface area (TPSA) is 17.1 Å². The number of hydrogen-bond donors (Lipinski definition) is 0. The third-order valence-electron chi connectivity index (χ3n) is 3.67. The molecular formula is C17H9FO. The fourth-order valence-corrected chi connectivity index (χ4v) is 2.85. The van der Waals surface area contributed by atoms with E-state index in [0.717, 1.165) is 16.7 Å². The molecule has 0 spiro atoms. The molecule has 0 fully saturated rings. The van der Waals surface area contributed by atoms with Gasteiger partial charge in [-0.3, -0.25) is 4.79 Å². The first kappa shape index (κ1) is 10.4. The van der Waals surface area contributed by atoms with Crippen LogP contribution in [0.1, 0.15) is 15.9 Å². The number of rotatable bonds is 0. The van der Waals surface area contributed by atoms with Gasteiger partial charge >= 0.3 is 0 Å². The molecule has 1 nitrogen and oxygen atoms in total. The van der Waals surface area contributed by atoms with Crippen LogP contribution in [0.15, 0.2) is 54.6 Å². The minimum atomic E-state index is -0.329. The minimum Gasteiger partial charge on any atom is -0.289 e. The second kappa shape index (κ2) is 3.51. The normalized spacial score (nSPS) is 12.6. The van der Waals surface area contributed by atoms with Gasteiger partial charge in [0.15, 0.2) is 5.78 Å². The van der Waals surface area contributed by atoms with Gasteiger partial charge in [0.2, 0.25) is 0 Å². The Morgan fingerprint density at radius 2 is 1.53 bits per heavy atom. The zero-order valence-electron chi connectivity index (χ0n) is 9.98. The third-order valence-corrected chi connectivity index (χ3v) is 3.67. The molecule has 0 atom stereocenters. The van der Waals surface area contributed by atoms with E-state index in [4.69, 9.17) is 0 Å². The van der Waals surface area contributed by atoms with Gasteiger partial charge in [-0.05, 0) is 28.8 Å². The van der Waals surface area contributed by atoms with Crippen LogP contribution in [0.2, 0.25) is 0 Å². The number of carbonyl (C=O) groups is 1. The molecule has 0 saturated carbocycles. The van der Waals surface area contributed by atoms with Gasteiger partial charge in [0.1, 0.15) is 5.82 Å². The lowest BCUT2D eigenvalue weighted by Crippen LogP contribution is -1.96. The Morgan fingerprint density at radius 3 is 2.42 bits per heavy atom. The summed E-state index contributed by atoms with van der Waals surface area (Å²) in [6, 6.07) is 16.2. The molecule has 1 aromatic rings. The van der Waals surface area contributed by atoms with Crippen molar-refractivity contribution in [2.45, 2.75) is 0 Å². The van der Waals surface area contributed by atoms with E-state index in [1.807, 2.05) is 36.4 Å². The Kier molecular flexibility index (Phi) is 1.93. The van der Waals surface area contributed by atoms with E-state index < -0.39 is 0 Å². The van der Waals surface area contributed by atoms with Crippen LogP contribution in [-0.4, -0.2) is 5.78 Å². The molecule has 0 saturated heterocycles. The first-order valence-corrected chi connectivity index (χ1v) is 6.13. The third kappa shape index (κ3) is 1.26. The zero-order valence-corrected chi connectivity index (χ0v) is 9.98. The van der Waals surface area contributed by atoms with E-state index in [0.29, 0.717) is 16.7 Å². The average Bonchev–Trinajstić information content (AvgIpc) is 2.78. The summed E-state index contributed by atoms with van der Waals surface area (Å²) in [6.45, 7) is 0. The Hall–Kier alpha value is -2.48. The summed E-state index contributed by atoms with van der Waals surface area (Å²) in [5, 5.41) is 0. The SMILES string of the molecule is O=C1c2cccc(F)c2-c2cc3cccccc-3c21. The van der Waals surface area contributed by atoms with Crippen LogP contribution in [0.4, 0.5) is 4.39 Å². The maximum Gasteiger partial charge on any atom is 0.195 e. The fourth-order valence-electron chi connectivity index (χ4n) is 2.85. The van der Waals surface area contributed by atoms with Crippen LogP contribution in [-0.2, 0) is 0 Å². The molecule has 0 radical (unpaired) electrons. The van der Waals surface area contributed by atoms with E-state index in [-0.39, 0.29) is 11.6 Å². The van der Waals surface area contributed by atoms with Crippen LogP contribution >= 0.6 is 0 Å². The number of carbonyl (C=O) groups excluding carboxylic acids is 1. The van der Waals surface area contributed by atoms with Gasteiger partial charge in [-0.25, -0.2) is 4.39 Å². The van der Waals surface area contributed by atoms with E-state index in [9.17, 15) is 9.18 Å². The van der Waals surface area contributed by atoms with Crippen LogP contribution in [0.3, 0.4) is 0 Å². The van der Waals surface area contributed by atoms with Crippen molar-refractivity contribution in [3.8, 4) is 22.3 Å². The van der Waals surface area contributed by atoms with Gasteiger partial charge < -0.3 is 0 Å². The molecule has 19 heavy (non-hydrogen) atoms. The molecule has 3 aliphatic rings. The first-order chi connectivity index (χ1) is 9.27. The summed E-state index contributed by atoms with van der Waals surface area (Å²) in [5.74, 6) is -0.407. The zero-order chi connectivity index (χ0) is 13.0. The molecule has 0 aromatic heterocycles. The van der Waals surface area contributed by atoms with Crippen molar-refractivity contribution in [2.75, 3.05) is 0 Å². The van der Waals surface area contributed by atoms with Crippen LogP contribution in [0.5, 0.6) is 0 Å². The predicted molar refractivity (Wildman–Crippen MR) is 71.9 cm³/mol. The summed E-state index contributed by atoms with van der Waals surface area (Å²) >= 11 is 0. The van der Waals surface area contributed by atoms with Crippen molar-refractivity contribution in [3.05, 3.63) is 71.5 Å². The highest BCUT2D eigenvalue weighted by Crippen LogP contribution is 2.46. The van der Waals surface area contributed by atoms with E-state index in [1.165, 1.54) is 6.07 Å². The summed E-state index contributed by atoms with van der Waals surface area (Å²) in [7, 11) is 0. The van der Waals surface area contributed by atoms with Crippen LogP contribution in [0, 0.1) is 5.82 Å². The van der Waals surface area contributed by atoms with Gasteiger partial charge in [0.05, 0.1) is 0 Å². The number of ketones is 1. The Bertz CT molecular complexity index is 804. The second-order valence-corrected chi connectivity index (χ2v) is 4.70. The number of benzene rings is 1. The molecule has 0 heterocycles. The van der Waals surface area contributed by atoms with Gasteiger partial charge in [-0.1, -0.05) is 42.5 Å². The first-order valence-electron chi connectivity index (χ1n) is 6.13. The summed E-state index contributed by atoms with van der Waals surface area (Å²) in [4.78, 5) is 12.5. The Labute approximate surface area is 109 Å². The van der Waals surface area contributed by atoms with Crippen molar-refractivity contribution in [3.63, 3.8) is 0 Å². The molecule has 0 bridgehead atoms. The molecule has 90 valence electrons. The lowest BCUT2D eigenvalue weighted by atomic mass is 10.0. The molecule has 2 heteroatoms. The van der Waals surface area contributed by atoms with Crippen molar-refractivity contribution in [1.29, 1.82) is 0 Å². The molecule has 0 aliphatic heterocycles. The summed E-state index contributed by atoms with van der Waals surface area (Å²) in [6.07, 6.45) is 0. The Balaban J connectivity index is 2.16. The number of hydrogen-bond acceptors (Lipinski definition) is 1. The van der Waals surface area contributed by atoms with Crippen molar-refractivity contribution in [2.24, 2.45) is 0 Å². The highest BCUT2D eigenvalue weighted by molar-refractivity contribution is 6.26. The monoisotopic (exact) mass is 248 g/mol. The molecule has 0 unspecified atom stereocenters. The van der Waals surface area contributed by atoms with Crippen molar-refractivity contribution in [1.82, 2.24) is 0 Å². The molecule has 4 rings (SSSR count). The highest BCUT2D eigenvalue weighted by atomic mass is 19.1. The van der Waals surface area contributed by atoms with Gasteiger partial charge in [0.25, 0.3) is 0 Å². The maximum absolute atomic E-state index is 14.0. The average molecular weight is 248 g/mol. The van der Waals surface area contributed by atoms with Crippen molar-refractivity contribution < 1.29 is 9.18 Å². The minimum absolute atomic E-state index is 0.0781. The van der Waals surface area contributed by atoms with Gasteiger partial charge in [0, 0.05) is 16.7 Å². The standard InChI is InChI=1S/C17H9FO/c18-14-8-4-7-12-15(14)13-9-10-5-2-1-3-6-11(10)16(13)17(12)19/h1-9H. The Morgan fingerprint density at radius 1 is 0.737 bits per heavy atom. The largest absolute Gasteiger partial charge is 0.289 e. The van der Waals surface area contributed by atoms with Crippen LogP contribution < -0.4 is 0 Å². The van der Waals surface area contributed by atoms with E-state index in [1.54, 1.807) is 12.1 Å². The number of halogens is 1. The summed E-state index contributed by atoms with van der Waals surface area (Å²) < 4.78 is 14.0. The van der Waals surface area contributed by atoms with Crippen molar-refractivity contribution >= 4 is 5.78 Å². The smallest absolute Gasteiger partial charge is 0.195 e. The van der Waals surface area contributed by atoms with Crippen LogP contribution in [0.25, 0.3) is 22.3 Å². The molecule has 3 aliphatic carbocycles.